The molecule has 100 valence electrons. The highest BCUT2D eigenvalue weighted by molar-refractivity contribution is 5.70. The summed E-state index contributed by atoms with van der Waals surface area (Å²) in [5.41, 5.74) is 7.38. The minimum Gasteiger partial charge on any atom is -0.0841 e. The molecule has 0 bridgehead atoms. The lowest BCUT2D eigenvalue weighted by molar-refractivity contribution is 0.823. The predicted molar refractivity (Wildman–Crippen MR) is 83.3 cm³/mol. The van der Waals surface area contributed by atoms with E-state index in [4.69, 9.17) is 0 Å². The summed E-state index contributed by atoms with van der Waals surface area (Å²) in [6.07, 6.45) is 3.34. The molecule has 0 saturated carbocycles. The lowest BCUT2D eigenvalue weighted by atomic mass is 9.84. The maximum atomic E-state index is 2.41. The molecule has 0 N–H and O–H groups in total. The fourth-order valence-corrected chi connectivity index (χ4v) is 2.44. The van der Waals surface area contributed by atoms with Crippen molar-refractivity contribution in [3.63, 3.8) is 0 Å². The SMILES string of the molecule is C/C=C(\C)c1c(CC)cc(C(C)C)cc1C(C)C. The van der Waals surface area contributed by atoms with Crippen molar-refractivity contribution in [3.8, 4) is 0 Å². The molecule has 0 aliphatic rings. The third kappa shape index (κ3) is 3.04. The number of hydrogen-bond donors (Lipinski definition) is 0. The number of hydrogen-bond acceptors (Lipinski definition) is 0. The van der Waals surface area contributed by atoms with Gasteiger partial charge in [-0.15, -0.1) is 0 Å². The minimum atomic E-state index is 0.582. The standard InChI is InChI=1S/C18H28/c1-8-14(7)18-15(9-2)10-16(12(3)4)11-17(18)13(5)6/h8,10-13H,9H2,1-7H3/b14-8+. The summed E-state index contributed by atoms with van der Waals surface area (Å²) in [5, 5.41) is 0. The second-order valence-corrected chi connectivity index (χ2v) is 5.78. The van der Waals surface area contributed by atoms with Crippen molar-refractivity contribution in [2.24, 2.45) is 0 Å². The van der Waals surface area contributed by atoms with Crippen LogP contribution in [0, 0.1) is 0 Å². The molecule has 0 fully saturated rings. The van der Waals surface area contributed by atoms with Crippen LogP contribution in [0.2, 0.25) is 0 Å². The van der Waals surface area contributed by atoms with E-state index in [9.17, 15) is 0 Å². The van der Waals surface area contributed by atoms with Gasteiger partial charge in [-0.05, 0) is 59.9 Å². The third-order valence-electron chi connectivity index (χ3n) is 3.77. The smallest absolute Gasteiger partial charge is 0.0164 e. The highest BCUT2D eigenvalue weighted by Crippen LogP contribution is 2.32. The largest absolute Gasteiger partial charge is 0.0841 e. The molecule has 0 heteroatoms. The summed E-state index contributed by atoms with van der Waals surface area (Å²) >= 11 is 0. The molecule has 0 radical (unpaired) electrons. The highest BCUT2D eigenvalue weighted by Gasteiger charge is 2.14. The van der Waals surface area contributed by atoms with Crippen molar-refractivity contribution in [2.75, 3.05) is 0 Å². The molecular weight excluding hydrogens is 216 g/mol. The van der Waals surface area contributed by atoms with Crippen molar-refractivity contribution in [2.45, 2.75) is 66.7 Å². The molecule has 0 aliphatic heterocycles. The first-order chi connectivity index (χ1) is 8.42. The van der Waals surface area contributed by atoms with Gasteiger partial charge in [0.25, 0.3) is 0 Å². The highest BCUT2D eigenvalue weighted by atomic mass is 14.2. The Kier molecular flexibility index (Phi) is 5.19. The molecule has 0 amide bonds. The van der Waals surface area contributed by atoms with Gasteiger partial charge in [0.2, 0.25) is 0 Å². The Labute approximate surface area is 113 Å². The van der Waals surface area contributed by atoms with Gasteiger partial charge in [0.15, 0.2) is 0 Å². The zero-order valence-electron chi connectivity index (χ0n) is 13.1. The van der Waals surface area contributed by atoms with E-state index in [0.29, 0.717) is 11.8 Å². The van der Waals surface area contributed by atoms with Crippen LogP contribution in [0.15, 0.2) is 18.2 Å². The van der Waals surface area contributed by atoms with Crippen LogP contribution in [0.3, 0.4) is 0 Å². The topological polar surface area (TPSA) is 0 Å². The average molecular weight is 244 g/mol. The van der Waals surface area contributed by atoms with Crippen LogP contribution in [0.5, 0.6) is 0 Å². The van der Waals surface area contributed by atoms with Crippen molar-refractivity contribution >= 4 is 5.57 Å². The second kappa shape index (κ2) is 6.22. The van der Waals surface area contributed by atoms with Gasteiger partial charge in [-0.2, -0.15) is 0 Å². The molecule has 1 rings (SSSR count). The number of aryl methyl sites for hydroxylation is 1. The predicted octanol–water partition coefficient (Wildman–Crippen LogP) is 5.92. The van der Waals surface area contributed by atoms with E-state index in [0.717, 1.165) is 6.42 Å². The lowest BCUT2D eigenvalue weighted by Gasteiger charge is -2.21. The van der Waals surface area contributed by atoms with Crippen LogP contribution in [0.1, 0.15) is 82.6 Å². The Morgan fingerprint density at radius 2 is 1.72 bits per heavy atom. The van der Waals surface area contributed by atoms with E-state index in [1.54, 1.807) is 0 Å². The Bertz CT molecular complexity index is 434. The average Bonchev–Trinajstić information content (AvgIpc) is 2.35. The zero-order valence-corrected chi connectivity index (χ0v) is 13.1. The van der Waals surface area contributed by atoms with Gasteiger partial charge in [-0.3, -0.25) is 0 Å². The van der Waals surface area contributed by atoms with Crippen molar-refractivity contribution in [1.29, 1.82) is 0 Å². The van der Waals surface area contributed by atoms with Crippen molar-refractivity contribution in [1.82, 2.24) is 0 Å². The van der Waals surface area contributed by atoms with E-state index >= 15 is 0 Å². The van der Waals surface area contributed by atoms with Gasteiger partial charge in [-0.25, -0.2) is 0 Å². The van der Waals surface area contributed by atoms with Gasteiger partial charge in [-0.1, -0.05) is 52.8 Å². The van der Waals surface area contributed by atoms with E-state index in [2.05, 4.69) is 66.7 Å². The van der Waals surface area contributed by atoms with Crippen LogP contribution in [0.4, 0.5) is 0 Å². The van der Waals surface area contributed by atoms with Crippen LogP contribution in [0.25, 0.3) is 5.57 Å². The second-order valence-electron chi connectivity index (χ2n) is 5.78. The molecule has 0 aromatic heterocycles. The molecule has 0 aliphatic carbocycles. The Balaban J connectivity index is 3.56. The number of benzene rings is 1. The van der Waals surface area contributed by atoms with Crippen LogP contribution in [-0.2, 0) is 6.42 Å². The molecule has 0 heterocycles. The van der Waals surface area contributed by atoms with Gasteiger partial charge in [0, 0.05) is 0 Å². The monoisotopic (exact) mass is 244 g/mol. The quantitative estimate of drug-likeness (QED) is 0.616. The van der Waals surface area contributed by atoms with Gasteiger partial charge < -0.3 is 0 Å². The fourth-order valence-electron chi connectivity index (χ4n) is 2.44. The van der Waals surface area contributed by atoms with Crippen molar-refractivity contribution in [3.05, 3.63) is 40.5 Å². The summed E-state index contributed by atoms with van der Waals surface area (Å²) in [6, 6.07) is 4.82. The van der Waals surface area contributed by atoms with E-state index in [1.165, 1.54) is 27.8 Å². The summed E-state index contributed by atoms with van der Waals surface area (Å²) in [7, 11) is 0. The molecule has 18 heavy (non-hydrogen) atoms. The Morgan fingerprint density at radius 1 is 1.11 bits per heavy atom. The number of allylic oxidation sites excluding steroid dienone is 2. The lowest BCUT2D eigenvalue weighted by Crippen LogP contribution is -2.03. The Hall–Kier alpha value is -1.04. The zero-order chi connectivity index (χ0) is 13.9. The molecule has 0 spiro atoms. The first-order valence-electron chi connectivity index (χ1n) is 7.22. The first-order valence-corrected chi connectivity index (χ1v) is 7.22. The summed E-state index contributed by atoms with van der Waals surface area (Å²) in [6.45, 7) is 15.8. The maximum absolute atomic E-state index is 2.41. The van der Waals surface area contributed by atoms with Crippen molar-refractivity contribution < 1.29 is 0 Å². The van der Waals surface area contributed by atoms with E-state index in [-0.39, 0.29) is 0 Å². The normalized spacial score (nSPS) is 12.6. The molecule has 0 unspecified atom stereocenters. The van der Waals surface area contributed by atoms with Gasteiger partial charge >= 0.3 is 0 Å². The van der Waals surface area contributed by atoms with Crippen LogP contribution in [-0.4, -0.2) is 0 Å². The summed E-state index contributed by atoms with van der Waals surface area (Å²) in [5.74, 6) is 1.19. The van der Waals surface area contributed by atoms with Crippen LogP contribution >= 0.6 is 0 Å². The van der Waals surface area contributed by atoms with Gasteiger partial charge in [0.05, 0.1) is 0 Å². The maximum Gasteiger partial charge on any atom is -0.0164 e. The summed E-state index contributed by atoms with van der Waals surface area (Å²) < 4.78 is 0. The molecule has 1 aromatic rings. The Morgan fingerprint density at radius 3 is 2.11 bits per heavy atom. The van der Waals surface area contributed by atoms with Crippen LogP contribution < -0.4 is 0 Å². The summed E-state index contributed by atoms with van der Waals surface area (Å²) in [4.78, 5) is 0. The number of rotatable bonds is 4. The molecule has 0 atom stereocenters. The van der Waals surface area contributed by atoms with E-state index in [1.807, 2.05) is 0 Å². The molecule has 0 nitrogen and oxygen atoms in total. The molecule has 0 saturated heterocycles. The minimum absolute atomic E-state index is 0.582. The third-order valence-corrected chi connectivity index (χ3v) is 3.77. The fraction of sp³-hybridized carbons (Fsp3) is 0.556. The molecular formula is C18H28. The van der Waals surface area contributed by atoms with Gasteiger partial charge in [0.1, 0.15) is 0 Å². The first kappa shape index (κ1) is 15.0. The molecule has 1 aromatic carbocycles. The van der Waals surface area contributed by atoms with E-state index < -0.39 is 0 Å².